The quantitative estimate of drug-likeness (QED) is 0.876. The van der Waals surface area contributed by atoms with Gasteiger partial charge in [0, 0.05) is 6.20 Å². The number of hydrogen-bond donors (Lipinski definition) is 1. The highest BCUT2D eigenvalue weighted by Crippen LogP contribution is 2.23. The topological polar surface area (TPSA) is 67.5 Å². The lowest BCUT2D eigenvalue weighted by Crippen LogP contribution is -2.07. The summed E-state index contributed by atoms with van der Waals surface area (Å²) in [6.07, 6.45) is 9.35. The standard InChI is InChI=1S/C14H14ClN3O2/c1-3-5-6-9(4-2)12-10(14(19)20)8-18-13(17-12)11(15)7-16-18/h4-8H,3H2,1-2H3,(H,19,20)/b6-5-,9-4+. The molecule has 0 amide bonds. The molecule has 0 spiro atoms. The number of carbonyl (C=O) groups is 1. The number of carboxylic acid groups (broad SMARTS) is 1. The van der Waals surface area contributed by atoms with Crippen LogP contribution in [0.4, 0.5) is 0 Å². The van der Waals surface area contributed by atoms with Crippen LogP contribution < -0.4 is 0 Å². The van der Waals surface area contributed by atoms with Gasteiger partial charge in [0.05, 0.1) is 11.9 Å². The second-order valence-electron chi connectivity index (χ2n) is 4.12. The Morgan fingerprint density at radius 2 is 2.30 bits per heavy atom. The molecule has 0 aliphatic carbocycles. The molecule has 104 valence electrons. The zero-order valence-electron chi connectivity index (χ0n) is 11.2. The van der Waals surface area contributed by atoms with Crippen molar-refractivity contribution in [2.45, 2.75) is 20.3 Å². The van der Waals surface area contributed by atoms with Crippen molar-refractivity contribution in [3.63, 3.8) is 0 Å². The Bertz CT molecular complexity index is 717. The molecule has 0 bridgehead atoms. The van der Waals surface area contributed by atoms with Crippen LogP contribution in [0.5, 0.6) is 0 Å². The van der Waals surface area contributed by atoms with Gasteiger partial charge in [0.25, 0.3) is 0 Å². The van der Waals surface area contributed by atoms with Gasteiger partial charge < -0.3 is 5.11 Å². The Kier molecular flexibility index (Phi) is 4.20. The average Bonchev–Trinajstić information content (AvgIpc) is 2.80. The lowest BCUT2D eigenvalue weighted by Gasteiger charge is -2.07. The van der Waals surface area contributed by atoms with Gasteiger partial charge in [-0.2, -0.15) is 5.10 Å². The van der Waals surface area contributed by atoms with Gasteiger partial charge in [-0.25, -0.2) is 14.3 Å². The highest BCUT2D eigenvalue weighted by molar-refractivity contribution is 6.33. The summed E-state index contributed by atoms with van der Waals surface area (Å²) in [5, 5.41) is 13.7. The zero-order chi connectivity index (χ0) is 14.7. The monoisotopic (exact) mass is 291 g/mol. The Morgan fingerprint density at radius 1 is 1.55 bits per heavy atom. The second kappa shape index (κ2) is 5.88. The lowest BCUT2D eigenvalue weighted by atomic mass is 10.1. The Hall–Kier alpha value is -2.14. The number of aromatic carboxylic acids is 1. The molecule has 0 unspecified atom stereocenters. The minimum Gasteiger partial charge on any atom is -0.478 e. The van der Waals surface area contributed by atoms with E-state index in [0.717, 1.165) is 12.0 Å². The van der Waals surface area contributed by atoms with E-state index in [1.807, 2.05) is 32.1 Å². The molecule has 20 heavy (non-hydrogen) atoms. The van der Waals surface area contributed by atoms with Crippen LogP contribution in [-0.2, 0) is 0 Å². The first-order chi connectivity index (χ1) is 9.58. The van der Waals surface area contributed by atoms with Crippen LogP contribution >= 0.6 is 11.6 Å². The summed E-state index contributed by atoms with van der Waals surface area (Å²) in [6, 6.07) is 0. The van der Waals surface area contributed by atoms with Gasteiger partial charge in [-0.15, -0.1) is 0 Å². The van der Waals surface area contributed by atoms with Gasteiger partial charge in [0.15, 0.2) is 5.65 Å². The van der Waals surface area contributed by atoms with E-state index in [1.54, 1.807) is 0 Å². The first-order valence-electron chi connectivity index (χ1n) is 6.18. The van der Waals surface area contributed by atoms with Gasteiger partial charge in [-0.3, -0.25) is 0 Å². The zero-order valence-corrected chi connectivity index (χ0v) is 11.9. The molecule has 2 heterocycles. The predicted octanol–water partition coefficient (Wildman–Crippen LogP) is 3.45. The maximum Gasteiger partial charge on any atom is 0.339 e. The molecule has 0 aliphatic heterocycles. The summed E-state index contributed by atoms with van der Waals surface area (Å²) >= 11 is 6.00. The minimum absolute atomic E-state index is 0.0890. The van der Waals surface area contributed by atoms with Crippen LogP contribution in [0.1, 0.15) is 36.3 Å². The number of fused-ring (bicyclic) bond motifs is 1. The van der Waals surface area contributed by atoms with Gasteiger partial charge in [0.1, 0.15) is 10.6 Å². The molecule has 0 fully saturated rings. The summed E-state index contributed by atoms with van der Waals surface area (Å²) in [5.41, 5.74) is 1.66. The van der Waals surface area contributed by atoms with E-state index in [-0.39, 0.29) is 5.56 Å². The van der Waals surface area contributed by atoms with Crippen LogP contribution in [0.2, 0.25) is 5.02 Å². The highest BCUT2D eigenvalue weighted by Gasteiger charge is 2.17. The van der Waals surface area contributed by atoms with Crippen molar-refractivity contribution in [1.82, 2.24) is 14.6 Å². The van der Waals surface area contributed by atoms with Crippen LogP contribution in [0.15, 0.2) is 30.6 Å². The van der Waals surface area contributed by atoms with Gasteiger partial charge in [0.2, 0.25) is 0 Å². The van der Waals surface area contributed by atoms with E-state index >= 15 is 0 Å². The third-order valence-corrected chi connectivity index (χ3v) is 3.06. The van der Waals surface area contributed by atoms with E-state index in [9.17, 15) is 9.90 Å². The highest BCUT2D eigenvalue weighted by atomic mass is 35.5. The molecule has 0 saturated carbocycles. The predicted molar refractivity (Wildman–Crippen MR) is 78.0 cm³/mol. The molecule has 2 aromatic rings. The van der Waals surface area contributed by atoms with E-state index in [0.29, 0.717) is 16.4 Å². The van der Waals surface area contributed by atoms with E-state index in [1.165, 1.54) is 16.9 Å². The summed E-state index contributed by atoms with van der Waals surface area (Å²) in [4.78, 5) is 15.7. The first kappa shape index (κ1) is 14.3. The third-order valence-electron chi connectivity index (χ3n) is 2.80. The molecule has 2 rings (SSSR count). The summed E-state index contributed by atoms with van der Waals surface area (Å²) < 4.78 is 1.37. The number of allylic oxidation sites excluding steroid dienone is 4. The fourth-order valence-electron chi connectivity index (χ4n) is 1.82. The fraction of sp³-hybridized carbons (Fsp3) is 0.214. The number of aromatic nitrogens is 3. The van der Waals surface area contributed by atoms with E-state index in [2.05, 4.69) is 10.1 Å². The number of nitrogens with zero attached hydrogens (tertiary/aromatic N) is 3. The van der Waals surface area contributed by atoms with Crippen molar-refractivity contribution >= 4 is 28.8 Å². The van der Waals surface area contributed by atoms with Crippen molar-refractivity contribution in [3.8, 4) is 0 Å². The van der Waals surface area contributed by atoms with Crippen molar-refractivity contribution < 1.29 is 9.90 Å². The number of rotatable bonds is 4. The number of halogens is 1. The SMILES string of the molecule is C/C=C(\C=C/CC)c1nc2c(Cl)cnn2cc1C(=O)O. The Balaban J connectivity index is 2.71. The van der Waals surface area contributed by atoms with Crippen LogP contribution in [0, 0.1) is 0 Å². The normalized spacial score (nSPS) is 12.4. The van der Waals surface area contributed by atoms with Gasteiger partial charge in [-0.1, -0.05) is 36.8 Å². The number of carboxylic acids is 1. The van der Waals surface area contributed by atoms with E-state index in [4.69, 9.17) is 11.6 Å². The lowest BCUT2D eigenvalue weighted by molar-refractivity contribution is 0.0695. The molecule has 0 atom stereocenters. The van der Waals surface area contributed by atoms with Gasteiger partial charge in [-0.05, 0) is 18.9 Å². The van der Waals surface area contributed by atoms with Crippen LogP contribution in [0.25, 0.3) is 11.2 Å². The summed E-state index contributed by atoms with van der Waals surface area (Å²) in [5.74, 6) is -1.05. The van der Waals surface area contributed by atoms with Crippen molar-refractivity contribution in [1.29, 1.82) is 0 Å². The molecule has 2 aromatic heterocycles. The molecular formula is C14H14ClN3O2. The second-order valence-corrected chi connectivity index (χ2v) is 4.53. The van der Waals surface area contributed by atoms with Crippen molar-refractivity contribution in [2.75, 3.05) is 0 Å². The Morgan fingerprint density at radius 3 is 2.90 bits per heavy atom. The average molecular weight is 292 g/mol. The fourth-order valence-corrected chi connectivity index (χ4v) is 1.99. The molecule has 0 aliphatic rings. The smallest absolute Gasteiger partial charge is 0.339 e. The summed E-state index contributed by atoms with van der Waals surface area (Å²) in [7, 11) is 0. The molecule has 1 N–H and O–H groups in total. The molecular weight excluding hydrogens is 278 g/mol. The minimum atomic E-state index is -1.05. The van der Waals surface area contributed by atoms with Crippen LogP contribution in [-0.4, -0.2) is 25.7 Å². The largest absolute Gasteiger partial charge is 0.478 e. The molecule has 0 radical (unpaired) electrons. The van der Waals surface area contributed by atoms with E-state index < -0.39 is 5.97 Å². The molecule has 0 saturated heterocycles. The first-order valence-corrected chi connectivity index (χ1v) is 6.56. The van der Waals surface area contributed by atoms with Gasteiger partial charge >= 0.3 is 5.97 Å². The maximum atomic E-state index is 11.4. The number of hydrogen-bond acceptors (Lipinski definition) is 3. The third kappa shape index (κ3) is 2.58. The van der Waals surface area contributed by atoms with Crippen LogP contribution in [0.3, 0.4) is 0 Å². The molecule has 6 heteroatoms. The molecule has 0 aromatic carbocycles. The van der Waals surface area contributed by atoms with Crippen molar-refractivity contribution in [2.24, 2.45) is 0 Å². The summed E-state index contributed by atoms with van der Waals surface area (Å²) in [6.45, 7) is 3.84. The van der Waals surface area contributed by atoms with Crippen molar-refractivity contribution in [3.05, 3.63) is 46.9 Å². The maximum absolute atomic E-state index is 11.4. The molecule has 5 nitrogen and oxygen atoms in total. The Labute approximate surface area is 121 Å².